The summed E-state index contributed by atoms with van der Waals surface area (Å²) in [6.07, 6.45) is 1.83. The Bertz CT molecular complexity index is 513. The van der Waals surface area contributed by atoms with E-state index >= 15 is 0 Å². The Morgan fingerprint density at radius 1 is 1.37 bits per heavy atom. The molecule has 0 saturated carbocycles. The highest BCUT2D eigenvalue weighted by molar-refractivity contribution is 5.27. The van der Waals surface area contributed by atoms with E-state index in [0.29, 0.717) is 26.3 Å². The lowest BCUT2D eigenvalue weighted by atomic mass is 10.2. The first-order valence-electron chi connectivity index (χ1n) is 6.11. The lowest BCUT2D eigenvalue weighted by Crippen LogP contribution is -2.06. The number of aromatic nitrogens is 3. The fraction of sp³-hybridized carbons (Fsp3) is 0.385. The highest BCUT2D eigenvalue weighted by atomic mass is 16.5. The Labute approximate surface area is 112 Å². The molecule has 2 aromatic rings. The molecular weight excluding hydrogens is 244 g/mol. The summed E-state index contributed by atoms with van der Waals surface area (Å²) in [5.41, 5.74) is 7.33. The van der Waals surface area contributed by atoms with Gasteiger partial charge in [-0.2, -0.15) is 0 Å². The second kappa shape index (κ2) is 6.86. The zero-order valence-corrected chi connectivity index (χ0v) is 11.0. The van der Waals surface area contributed by atoms with Crippen LogP contribution in [0, 0.1) is 0 Å². The summed E-state index contributed by atoms with van der Waals surface area (Å²) in [5.74, 6) is 0.838. The maximum Gasteiger partial charge on any atom is 0.119 e. The van der Waals surface area contributed by atoms with Crippen molar-refractivity contribution < 1.29 is 9.47 Å². The van der Waals surface area contributed by atoms with Crippen molar-refractivity contribution >= 4 is 0 Å². The van der Waals surface area contributed by atoms with E-state index in [9.17, 15) is 0 Å². The van der Waals surface area contributed by atoms with Gasteiger partial charge in [0.15, 0.2) is 0 Å². The number of rotatable bonds is 7. The summed E-state index contributed by atoms with van der Waals surface area (Å²) in [7, 11) is 1.65. The maximum absolute atomic E-state index is 5.59. The minimum atomic E-state index is 0.407. The molecule has 0 aliphatic rings. The van der Waals surface area contributed by atoms with Gasteiger partial charge < -0.3 is 15.2 Å². The topological polar surface area (TPSA) is 75.2 Å². The predicted molar refractivity (Wildman–Crippen MR) is 70.6 cm³/mol. The molecular formula is C13H18N4O2. The van der Waals surface area contributed by atoms with Gasteiger partial charge in [0, 0.05) is 12.7 Å². The van der Waals surface area contributed by atoms with Crippen LogP contribution in [-0.2, 0) is 24.4 Å². The molecule has 1 aromatic heterocycles. The third kappa shape index (κ3) is 4.04. The first-order chi connectivity index (χ1) is 9.31. The molecule has 0 aliphatic carbocycles. The van der Waals surface area contributed by atoms with E-state index in [1.54, 1.807) is 11.8 Å². The van der Waals surface area contributed by atoms with E-state index in [2.05, 4.69) is 10.3 Å². The molecule has 0 unspecified atom stereocenters. The van der Waals surface area contributed by atoms with Crippen molar-refractivity contribution in [1.29, 1.82) is 0 Å². The Morgan fingerprint density at radius 3 is 3.00 bits per heavy atom. The SMILES string of the molecule is COc1cccc(COCCn2cc(CN)nn2)c1. The first-order valence-corrected chi connectivity index (χ1v) is 6.11. The molecule has 102 valence electrons. The van der Waals surface area contributed by atoms with E-state index in [-0.39, 0.29) is 0 Å². The predicted octanol–water partition coefficient (Wildman–Crippen LogP) is 0.962. The summed E-state index contributed by atoms with van der Waals surface area (Å²) in [4.78, 5) is 0. The molecule has 0 radical (unpaired) electrons. The Kier molecular flexibility index (Phi) is 4.88. The molecule has 0 atom stereocenters. The molecule has 0 amide bonds. The fourth-order valence-electron chi connectivity index (χ4n) is 1.65. The third-order valence-corrected chi connectivity index (χ3v) is 2.66. The van der Waals surface area contributed by atoms with Crippen LogP contribution in [-0.4, -0.2) is 28.7 Å². The molecule has 2 rings (SSSR count). The van der Waals surface area contributed by atoms with Crippen LogP contribution in [0.1, 0.15) is 11.3 Å². The highest BCUT2D eigenvalue weighted by Gasteiger charge is 1.99. The van der Waals surface area contributed by atoms with E-state index in [1.165, 1.54) is 0 Å². The van der Waals surface area contributed by atoms with Crippen molar-refractivity contribution in [2.45, 2.75) is 19.7 Å². The van der Waals surface area contributed by atoms with Crippen LogP contribution in [0.25, 0.3) is 0 Å². The van der Waals surface area contributed by atoms with Crippen molar-refractivity contribution in [3.63, 3.8) is 0 Å². The van der Waals surface area contributed by atoms with E-state index < -0.39 is 0 Å². The molecule has 0 bridgehead atoms. The van der Waals surface area contributed by atoms with Gasteiger partial charge in [0.2, 0.25) is 0 Å². The van der Waals surface area contributed by atoms with Gasteiger partial charge in [0.25, 0.3) is 0 Å². The maximum atomic E-state index is 5.59. The summed E-state index contributed by atoms with van der Waals surface area (Å²) < 4.78 is 12.5. The van der Waals surface area contributed by atoms with Crippen molar-refractivity contribution in [3.05, 3.63) is 41.7 Å². The zero-order valence-electron chi connectivity index (χ0n) is 11.0. The van der Waals surface area contributed by atoms with Gasteiger partial charge in [0.05, 0.1) is 32.6 Å². The quantitative estimate of drug-likeness (QED) is 0.752. The molecule has 0 aliphatic heterocycles. The molecule has 19 heavy (non-hydrogen) atoms. The standard InChI is InChI=1S/C13H18N4O2/c1-18-13-4-2-3-11(7-13)10-19-6-5-17-9-12(8-14)15-16-17/h2-4,7,9H,5-6,8,10,14H2,1H3. The van der Waals surface area contributed by atoms with E-state index in [1.807, 2.05) is 30.5 Å². The summed E-state index contributed by atoms with van der Waals surface area (Å²) in [5, 5.41) is 7.86. The third-order valence-electron chi connectivity index (χ3n) is 2.66. The van der Waals surface area contributed by atoms with Gasteiger partial charge in [0.1, 0.15) is 5.75 Å². The van der Waals surface area contributed by atoms with Gasteiger partial charge >= 0.3 is 0 Å². The van der Waals surface area contributed by atoms with Gasteiger partial charge in [-0.3, -0.25) is 0 Å². The second-order valence-corrected chi connectivity index (χ2v) is 4.08. The lowest BCUT2D eigenvalue weighted by Gasteiger charge is -2.06. The van der Waals surface area contributed by atoms with E-state index in [4.69, 9.17) is 15.2 Å². The van der Waals surface area contributed by atoms with Crippen LogP contribution < -0.4 is 10.5 Å². The Hall–Kier alpha value is -1.92. The van der Waals surface area contributed by atoms with Crippen LogP contribution in [0.15, 0.2) is 30.5 Å². The molecule has 1 aromatic carbocycles. The second-order valence-electron chi connectivity index (χ2n) is 4.08. The number of hydrogen-bond donors (Lipinski definition) is 1. The Morgan fingerprint density at radius 2 is 2.26 bits per heavy atom. The number of hydrogen-bond acceptors (Lipinski definition) is 5. The van der Waals surface area contributed by atoms with Crippen LogP contribution in [0.5, 0.6) is 5.75 Å². The molecule has 0 spiro atoms. The zero-order chi connectivity index (χ0) is 13.5. The van der Waals surface area contributed by atoms with Crippen LogP contribution >= 0.6 is 0 Å². The van der Waals surface area contributed by atoms with Gasteiger partial charge in [-0.25, -0.2) is 4.68 Å². The summed E-state index contributed by atoms with van der Waals surface area (Å²) in [6, 6.07) is 7.82. The number of methoxy groups -OCH3 is 1. The monoisotopic (exact) mass is 262 g/mol. The molecule has 2 N–H and O–H groups in total. The Balaban J connectivity index is 1.74. The van der Waals surface area contributed by atoms with Crippen molar-refractivity contribution in [3.8, 4) is 5.75 Å². The smallest absolute Gasteiger partial charge is 0.119 e. The lowest BCUT2D eigenvalue weighted by molar-refractivity contribution is 0.110. The average molecular weight is 262 g/mol. The van der Waals surface area contributed by atoms with Gasteiger partial charge in [-0.1, -0.05) is 17.3 Å². The number of nitrogens with zero attached hydrogens (tertiary/aromatic N) is 3. The minimum absolute atomic E-state index is 0.407. The fourth-order valence-corrected chi connectivity index (χ4v) is 1.65. The molecule has 0 saturated heterocycles. The molecule has 6 heteroatoms. The number of benzene rings is 1. The largest absolute Gasteiger partial charge is 0.497 e. The molecule has 6 nitrogen and oxygen atoms in total. The van der Waals surface area contributed by atoms with Gasteiger partial charge in [-0.05, 0) is 17.7 Å². The van der Waals surface area contributed by atoms with Gasteiger partial charge in [-0.15, -0.1) is 5.10 Å². The van der Waals surface area contributed by atoms with Crippen molar-refractivity contribution in [2.75, 3.05) is 13.7 Å². The van der Waals surface area contributed by atoms with Crippen molar-refractivity contribution in [1.82, 2.24) is 15.0 Å². The molecule has 1 heterocycles. The number of ether oxygens (including phenoxy) is 2. The summed E-state index contributed by atoms with van der Waals surface area (Å²) in [6.45, 7) is 2.20. The van der Waals surface area contributed by atoms with E-state index in [0.717, 1.165) is 17.0 Å². The highest BCUT2D eigenvalue weighted by Crippen LogP contribution is 2.13. The average Bonchev–Trinajstić information content (AvgIpc) is 2.92. The van der Waals surface area contributed by atoms with Crippen molar-refractivity contribution in [2.24, 2.45) is 5.73 Å². The van der Waals surface area contributed by atoms with Crippen LogP contribution in [0.2, 0.25) is 0 Å². The minimum Gasteiger partial charge on any atom is -0.497 e. The van der Waals surface area contributed by atoms with Crippen LogP contribution in [0.3, 0.4) is 0 Å². The summed E-state index contributed by atoms with van der Waals surface area (Å²) >= 11 is 0. The normalized spacial score (nSPS) is 10.6. The first kappa shape index (κ1) is 13.5. The number of nitrogens with two attached hydrogens (primary N) is 1. The van der Waals surface area contributed by atoms with Crippen LogP contribution in [0.4, 0.5) is 0 Å². The molecule has 0 fully saturated rings.